The predicted molar refractivity (Wildman–Crippen MR) is 130 cm³/mol. The third kappa shape index (κ3) is 4.81. The molecule has 2 aliphatic rings. The normalized spacial score (nSPS) is 19.9. The highest BCUT2D eigenvalue weighted by Crippen LogP contribution is 2.28. The minimum Gasteiger partial charge on any atom is -0.508 e. The summed E-state index contributed by atoms with van der Waals surface area (Å²) in [6.45, 7) is 0.411. The van der Waals surface area contributed by atoms with E-state index in [1.54, 1.807) is 36.4 Å². The molecular weight excluding hydrogens is 444 g/mol. The first-order valence-electron chi connectivity index (χ1n) is 11.7. The van der Waals surface area contributed by atoms with Crippen molar-refractivity contribution in [3.63, 3.8) is 0 Å². The zero-order valence-electron chi connectivity index (χ0n) is 19.1. The van der Waals surface area contributed by atoms with Crippen molar-refractivity contribution in [2.24, 2.45) is 0 Å². The van der Waals surface area contributed by atoms with Crippen molar-refractivity contribution in [2.75, 3.05) is 13.2 Å². The van der Waals surface area contributed by atoms with Gasteiger partial charge < -0.3 is 20.1 Å². The second-order valence-electron chi connectivity index (χ2n) is 8.92. The van der Waals surface area contributed by atoms with Gasteiger partial charge in [0.25, 0.3) is 5.91 Å². The van der Waals surface area contributed by atoms with Gasteiger partial charge in [-0.15, -0.1) is 0 Å². The van der Waals surface area contributed by atoms with Crippen LogP contribution in [0.25, 0.3) is 11.1 Å². The Hall–Kier alpha value is -3.97. The highest BCUT2D eigenvalue weighted by atomic mass is 16.5. The molecule has 178 valence electrons. The fourth-order valence-corrected chi connectivity index (χ4v) is 4.85. The number of nitrogens with one attached hydrogen (secondary N) is 1. The van der Waals surface area contributed by atoms with Gasteiger partial charge in [0, 0.05) is 18.5 Å². The number of carbonyl (C=O) groups is 3. The number of hydrogen-bond donors (Lipinski definition) is 2. The number of rotatable bonds is 6. The SMILES string of the molecule is O=C(NC(Cc1cccc(O)c1)C(=O)N1CCC2OCC(=O)C21)c1ccc(-c2ccccc2)cc1. The van der Waals surface area contributed by atoms with Crippen molar-refractivity contribution in [1.82, 2.24) is 10.2 Å². The molecule has 2 amide bonds. The number of benzene rings is 3. The highest BCUT2D eigenvalue weighted by Gasteiger charge is 2.48. The monoisotopic (exact) mass is 470 g/mol. The van der Waals surface area contributed by atoms with Gasteiger partial charge in [0.15, 0.2) is 5.78 Å². The number of amides is 2. The van der Waals surface area contributed by atoms with Crippen LogP contribution in [-0.2, 0) is 20.7 Å². The van der Waals surface area contributed by atoms with E-state index >= 15 is 0 Å². The van der Waals surface area contributed by atoms with Gasteiger partial charge in [0.05, 0.1) is 6.10 Å². The minimum atomic E-state index is -0.898. The van der Waals surface area contributed by atoms with E-state index in [1.807, 2.05) is 42.5 Å². The molecule has 0 bridgehead atoms. The predicted octanol–water partition coefficient (Wildman–Crippen LogP) is 2.97. The number of Topliss-reactive ketones (excluding diaryl/α,β-unsaturated/α-hetero) is 1. The Kier molecular flexibility index (Phi) is 6.33. The van der Waals surface area contributed by atoms with Gasteiger partial charge in [-0.2, -0.15) is 0 Å². The van der Waals surface area contributed by atoms with Crippen molar-refractivity contribution in [2.45, 2.75) is 31.0 Å². The van der Waals surface area contributed by atoms with Gasteiger partial charge >= 0.3 is 0 Å². The average molecular weight is 471 g/mol. The highest BCUT2D eigenvalue weighted by molar-refractivity contribution is 5.99. The molecule has 2 N–H and O–H groups in total. The molecule has 2 aliphatic heterocycles. The van der Waals surface area contributed by atoms with E-state index in [1.165, 1.54) is 4.90 Å². The molecule has 0 radical (unpaired) electrons. The van der Waals surface area contributed by atoms with Gasteiger partial charge in [-0.25, -0.2) is 0 Å². The maximum Gasteiger partial charge on any atom is 0.251 e. The zero-order chi connectivity index (χ0) is 24.4. The summed E-state index contributed by atoms with van der Waals surface area (Å²) in [7, 11) is 0. The van der Waals surface area contributed by atoms with Crippen LogP contribution in [-0.4, -0.2) is 58.9 Å². The molecule has 0 aliphatic carbocycles. The molecule has 2 heterocycles. The number of phenols is 1. The third-order valence-corrected chi connectivity index (χ3v) is 6.60. The summed E-state index contributed by atoms with van der Waals surface area (Å²) in [5.41, 5.74) is 3.16. The Morgan fingerprint density at radius 3 is 2.49 bits per heavy atom. The Balaban J connectivity index is 1.37. The van der Waals surface area contributed by atoms with Gasteiger partial charge in [0.1, 0.15) is 24.4 Å². The van der Waals surface area contributed by atoms with Crippen LogP contribution in [0.3, 0.4) is 0 Å². The van der Waals surface area contributed by atoms with Crippen LogP contribution in [0.1, 0.15) is 22.3 Å². The number of nitrogens with zero attached hydrogens (tertiary/aromatic N) is 1. The van der Waals surface area contributed by atoms with Gasteiger partial charge in [-0.05, 0) is 47.4 Å². The molecule has 3 aromatic carbocycles. The maximum atomic E-state index is 13.6. The van der Waals surface area contributed by atoms with E-state index in [0.717, 1.165) is 11.1 Å². The van der Waals surface area contributed by atoms with Crippen LogP contribution in [0.4, 0.5) is 0 Å². The van der Waals surface area contributed by atoms with Crippen LogP contribution in [0.15, 0.2) is 78.9 Å². The molecule has 2 fully saturated rings. The third-order valence-electron chi connectivity index (χ3n) is 6.60. The fraction of sp³-hybridized carbons (Fsp3) is 0.250. The number of fused-ring (bicyclic) bond motifs is 1. The summed E-state index contributed by atoms with van der Waals surface area (Å²) >= 11 is 0. The Morgan fingerprint density at radius 2 is 1.74 bits per heavy atom. The van der Waals surface area contributed by atoms with Crippen LogP contribution in [0, 0.1) is 0 Å². The van der Waals surface area contributed by atoms with Crippen LogP contribution in [0.2, 0.25) is 0 Å². The first kappa shape index (κ1) is 22.8. The lowest BCUT2D eigenvalue weighted by Gasteiger charge is -2.27. The molecule has 2 saturated heterocycles. The summed E-state index contributed by atoms with van der Waals surface area (Å²) in [5.74, 6) is -0.737. The Morgan fingerprint density at radius 1 is 1.00 bits per heavy atom. The van der Waals surface area contributed by atoms with Gasteiger partial charge in [-0.1, -0.05) is 54.6 Å². The standard InChI is InChI=1S/C28H26N2O5/c31-22-8-4-5-18(15-22)16-23(28(34)30-14-13-25-26(30)24(32)17-35-25)29-27(33)21-11-9-20(10-12-21)19-6-2-1-3-7-19/h1-12,15,23,25-26,31H,13-14,16-17H2,(H,29,33). The van der Waals surface area contributed by atoms with Crippen molar-refractivity contribution < 1.29 is 24.2 Å². The number of ketones is 1. The minimum absolute atomic E-state index is 0.0104. The topological polar surface area (TPSA) is 95.9 Å². The first-order valence-corrected chi connectivity index (χ1v) is 11.7. The summed E-state index contributed by atoms with van der Waals surface area (Å²) in [6.07, 6.45) is 0.494. The van der Waals surface area contributed by atoms with E-state index in [9.17, 15) is 19.5 Å². The lowest BCUT2D eigenvalue weighted by atomic mass is 10.0. The zero-order valence-corrected chi connectivity index (χ0v) is 19.1. The molecule has 3 atom stereocenters. The molecule has 0 aromatic heterocycles. The molecular formula is C28H26N2O5. The Labute approximate surface area is 203 Å². The number of hydrogen-bond acceptors (Lipinski definition) is 5. The largest absolute Gasteiger partial charge is 0.508 e. The van der Waals surface area contributed by atoms with Crippen LogP contribution >= 0.6 is 0 Å². The molecule has 35 heavy (non-hydrogen) atoms. The van der Waals surface area contributed by atoms with E-state index in [2.05, 4.69) is 5.32 Å². The number of likely N-dealkylation sites (tertiary alicyclic amines) is 1. The summed E-state index contributed by atoms with van der Waals surface area (Å²) in [5, 5.41) is 12.7. The summed E-state index contributed by atoms with van der Waals surface area (Å²) in [4.78, 5) is 40.6. The lowest BCUT2D eigenvalue weighted by Crippen LogP contribution is -2.53. The van der Waals surface area contributed by atoms with Crippen molar-refractivity contribution in [3.8, 4) is 16.9 Å². The van der Waals surface area contributed by atoms with E-state index in [0.29, 0.717) is 24.1 Å². The Bertz CT molecular complexity index is 1240. The molecule has 0 spiro atoms. The maximum absolute atomic E-state index is 13.6. The van der Waals surface area contributed by atoms with Crippen LogP contribution in [0.5, 0.6) is 5.75 Å². The van der Waals surface area contributed by atoms with Crippen LogP contribution < -0.4 is 5.32 Å². The summed E-state index contributed by atoms with van der Waals surface area (Å²) in [6, 6.07) is 22.1. The number of phenolic OH excluding ortho intramolecular Hbond substituents is 1. The van der Waals surface area contributed by atoms with E-state index in [-0.39, 0.29) is 42.5 Å². The molecule has 0 saturated carbocycles. The fourth-order valence-electron chi connectivity index (χ4n) is 4.85. The van der Waals surface area contributed by atoms with Gasteiger partial charge in [-0.3, -0.25) is 14.4 Å². The van der Waals surface area contributed by atoms with E-state index in [4.69, 9.17) is 4.74 Å². The molecule has 3 unspecified atom stereocenters. The lowest BCUT2D eigenvalue weighted by molar-refractivity contribution is -0.138. The van der Waals surface area contributed by atoms with Crippen molar-refractivity contribution >= 4 is 17.6 Å². The molecule has 7 heteroatoms. The number of ether oxygens (including phenoxy) is 1. The quantitative estimate of drug-likeness (QED) is 0.578. The molecule has 7 nitrogen and oxygen atoms in total. The van der Waals surface area contributed by atoms with E-state index < -0.39 is 12.1 Å². The summed E-state index contributed by atoms with van der Waals surface area (Å²) < 4.78 is 5.52. The van der Waals surface area contributed by atoms with Crippen molar-refractivity contribution in [1.29, 1.82) is 0 Å². The smallest absolute Gasteiger partial charge is 0.251 e. The second-order valence-corrected chi connectivity index (χ2v) is 8.92. The van der Waals surface area contributed by atoms with Gasteiger partial charge in [0.2, 0.25) is 5.91 Å². The average Bonchev–Trinajstić information content (AvgIpc) is 3.47. The second kappa shape index (κ2) is 9.72. The van der Waals surface area contributed by atoms with Crippen molar-refractivity contribution in [3.05, 3.63) is 90.0 Å². The molecule has 3 aromatic rings. The number of carbonyl (C=O) groups excluding carboxylic acids is 3. The molecule has 5 rings (SSSR count). The number of aromatic hydroxyl groups is 1. The first-order chi connectivity index (χ1) is 17.0.